The third-order valence-corrected chi connectivity index (χ3v) is 6.15. The molecule has 8 nitrogen and oxygen atoms in total. The molecule has 0 aliphatic carbocycles. The van der Waals surface area contributed by atoms with Gasteiger partial charge in [0, 0.05) is 18.8 Å². The number of ether oxygens (including phenoxy) is 3. The summed E-state index contributed by atoms with van der Waals surface area (Å²) in [6.07, 6.45) is 0. The van der Waals surface area contributed by atoms with Gasteiger partial charge in [0.05, 0.1) is 20.3 Å². The molecular weight excluding hydrogens is 403 g/mol. The first kappa shape index (κ1) is 21.0. The minimum atomic E-state index is -3.83. The number of para-hydroxylation sites is 1. The highest BCUT2D eigenvalue weighted by atomic mass is 32.2. The summed E-state index contributed by atoms with van der Waals surface area (Å²) in [7, 11) is -2.46. The molecule has 2 aromatic rings. The topological polar surface area (TPSA) is 94.2 Å². The van der Waals surface area contributed by atoms with Gasteiger partial charge in [0.15, 0.2) is 18.2 Å². The van der Waals surface area contributed by atoms with Crippen LogP contribution in [0.25, 0.3) is 0 Å². The van der Waals surface area contributed by atoms with E-state index in [9.17, 15) is 17.6 Å². The van der Waals surface area contributed by atoms with Crippen molar-refractivity contribution >= 4 is 21.6 Å². The highest BCUT2D eigenvalue weighted by Gasteiger charge is 2.29. The largest absolute Gasteiger partial charge is 0.495 e. The number of anilines is 1. The van der Waals surface area contributed by atoms with Crippen molar-refractivity contribution in [2.45, 2.75) is 4.90 Å². The molecule has 0 spiro atoms. The molecule has 0 unspecified atom stereocenters. The van der Waals surface area contributed by atoms with Crippen LogP contribution < -0.4 is 14.8 Å². The molecule has 156 valence electrons. The highest BCUT2D eigenvalue weighted by Crippen LogP contribution is 2.30. The molecule has 0 bridgehead atoms. The molecule has 10 heteroatoms. The number of benzene rings is 2. The van der Waals surface area contributed by atoms with E-state index in [-0.39, 0.29) is 35.2 Å². The van der Waals surface area contributed by atoms with Crippen LogP contribution in [0.2, 0.25) is 0 Å². The van der Waals surface area contributed by atoms with E-state index in [0.29, 0.717) is 13.2 Å². The monoisotopic (exact) mass is 424 g/mol. The van der Waals surface area contributed by atoms with Gasteiger partial charge >= 0.3 is 0 Å². The number of sulfonamides is 1. The van der Waals surface area contributed by atoms with Crippen molar-refractivity contribution in [3.8, 4) is 11.5 Å². The molecule has 0 radical (unpaired) electrons. The Balaban J connectivity index is 1.74. The molecule has 1 heterocycles. The molecule has 29 heavy (non-hydrogen) atoms. The summed E-state index contributed by atoms with van der Waals surface area (Å²) in [5.74, 6) is -1.03. The van der Waals surface area contributed by atoms with Crippen molar-refractivity contribution in [1.82, 2.24) is 4.31 Å². The van der Waals surface area contributed by atoms with Crippen molar-refractivity contribution < 1.29 is 31.8 Å². The Morgan fingerprint density at radius 2 is 1.90 bits per heavy atom. The number of carbonyl (C=O) groups excluding carboxylic acids is 1. The van der Waals surface area contributed by atoms with E-state index in [0.717, 1.165) is 0 Å². The molecule has 3 rings (SSSR count). The molecule has 0 aromatic heterocycles. The zero-order valence-corrected chi connectivity index (χ0v) is 16.6. The number of rotatable bonds is 7. The van der Waals surface area contributed by atoms with E-state index >= 15 is 0 Å². The Morgan fingerprint density at radius 3 is 2.59 bits per heavy atom. The van der Waals surface area contributed by atoms with E-state index in [2.05, 4.69) is 5.32 Å². The maximum Gasteiger partial charge on any atom is 0.262 e. The molecule has 1 saturated heterocycles. The Morgan fingerprint density at radius 1 is 1.17 bits per heavy atom. The van der Waals surface area contributed by atoms with Crippen molar-refractivity contribution in [3.63, 3.8) is 0 Å². The molecular formula is C19H21FN2O6S. The van der Waals surface area contributed by atoms with Crippen LogP contribution in [-0.4, -0.2) is 58.7 Å². The fourth-order valence-corrected chi connectivity index (χ4v) is 4.37. The zero-order valence-electron chi connectivity index (χ0n) is 15.8. The lowest BCUT2D eigenvalue weighted by Crippen LogP contribution is -2.40. The lowest BCUT2D eigenvalue weighted by atomic mass is 10.3. The number of carbonyl (C=O) groups is 1. The average molecular weight is 424 g/mol. The van der Waals surface area contributed by atoms with Gasteiger partial charge in [-0.15, -0.1) is 0 Å². The lowest BCUT2D eigenvalue weighted by Gasteiger charge is -2.26. The van der Waals surface area contributed by atoms with Crippen molar-refractivity contribution in [2.24, 2.45) is 0 Å². The van der Waals surface area contributed by atoms with Gasteiger partial charge in [0.2, 0.25) is 10.0 Å². The van der Waals surface area contributed by atoms with E-state index < -0.39 is 28.4 Å². The molecule has 0 atom stereocenters. The maximum atomic E-state index is 13.6. The summed E-state index contributed by atoms with van der Waals surface area (Å²) < 4.78 is 56.3. The Bertz CT molecular complexity index is 976. The van der Waals surface area contributed by atoms with Gasteiger partial charge in [-0.05, 0) is 30.3 Å². The number of nitrogens with zero attached hydrogens (tertiary/aromatic N) is 1. The predicted octanol–water partition coefficient (Wildman–Crippen LogP) is 1.87. The number of halogens is 1. The highest BCUT2D eigenvalue weighted by molar-refractivity contribution is 7.89. The number of nitrogens with one attached hydrogen (secondary N) is 1. The maximum absolute atomic E-state index is 13.6. The second kappa shape index (κ2) is 9.21. The number of hydrogen-bond donors (Lipinski definition) is 1. The van der Waals surface area contributed by atoms with Gasteiger partial charge < -0.3 is 19.5 Å². The number of hydrogen-bond acceptors (Lipinski definition) is 6. The van der Waals surface area contributed by atoms with Crippen LogP contribution in [0.5, 0.6) is 11.5 Å². The zero-order chi connectivity index (χ0) is 20.9. The third kappa shape index (κ3) is 5.03. The Kier molecular flexibility index (Phi) is 6.68. The first-order valence-corrected chi connectivity index (χ1v) is 10.3. The second-order valence-corrected chi connectivity index (χ2v) is 8.06. The van der Waals surface area contributed by atoms with Crippen LogP contribution in [0.1, 0.15) is 0 Å². The summed E-state index contributed by atoms with van der Waals surface area (Å²) in [5.41, 5.74) is 0.250. The smallest absolute Gasteiger partial charge is 0.262 e. The van der Waals surface area contributed by atoms with Crippen molar-refractivity contribution in [3.05, 3.63) is 48.3 Å². The second-order valence-electron chi connectivity index (χ2n) is 6.15. The van der Waals surface area contributed by atoms with E-state index in [1.54, 1.807) is 6.07 Å². The van der Waals surface area contributed by atoms with Gasteiger partial charge in [-0.3, -0.25) is 4.79 Å². The summed E-state index contributed by atoms with van der Waals surface area (Å²) in [6, 6.07) is 10.0. The first-order chi connectivity index (χ1) is 13.9. The number of morpholine rings is 1. The standard InChI is InChI=1S/C19H21FN2O6S/c1-26-17-7-6-14(12-18(17)29(24,25)22-8-10-27-11-9-22)21-19(23)13-28-16-5-3-2-4-15(16)20/h2-7,12H,8-11,13H2,1H3,(H,21,23). The summed E-state index contributed by atoms with van der Waals surface area (Å²) >= 11 is 0. The Hall–Kier alpha value is -2.69. The lowest BCUT2D eigenvalue weighted by molar-refractivity contribution is -0.118. The third-order valence-electron chi connectivity index (χ3n) is 4.23. The normalized spacial score (nSPS) is 15.0. The van der Waals surface area contributed by atoms with Crippen LogP contribution in [0.15, 0.2) is 47.4 Å². The molecule has 1 aliphatic heterocycles. The first-order valence-electron chi connectivity index (χ1n) is 8.85. The van der Waals surface area contributed by atoms with Crippen LogP contribution in [0.4, 0.5) is 10.1 Å². The molecule has 0 saturated carbocycles. The van der Waals surface area contributed by atoms with Gasteiger partial charge in [-0.2, -0.15) is 4.31 Å². The van der Waals surface area contributed by atoms with Crippen LogP contribution >= 0.6 is 0 Å². The molecule has 2 aromatic carbocycles. The van der Waals surface area contributed by atoms with E-state index in [1.807, 2.05) is 0 Å². The SMILES string of the molecule is COc1ccc(NC(=O)COc2ccccc2F)cc1S(=O)(=O)N1CCOCC1. The fraction of sp³-hybridized carbons (Fsp3) is 0.316. The molecule has 1 fully saturated rings. The molecule has 1 aliphatic rings. The Labute approximate surface area is 168 Å². The van der Waals surface area contributed by atoms with Gasteiger partial charge in [0.1, 0.15) is 10.6 Å². The van der Waals surface area contributed by atoms with Crippen molar-refractivity contribution in [1.29, 1.82) is 0 Å². The summed E-state index contributed by atoms with van der Waals surface area (Å²) in [4.78, 5) is 12.1. The number of amides is 1. The van der Waals surface area contributed by atoms with Gasteiger partial charge in [-0.1, -0.05) is 12.1 Å². The predicted molar refractivity (Wildman–Crippen MR) is 103 cm³/mol. The van der Waals surface area contributed by atoms with Gasteiger partial charge in [0.25, 0.3) is 5.91 Å². The van der Waals surface area contributed by atoms with Crippen molar-refractivity contribution in [2.75, 3.05) is 45.3 Å². The molecule has 1 N–H and O–H groups in total. The van der Waals surface area contributed by atoms with Crippen LogP contribution in [0.3, 0.4) is 0 Å². The molecule has 1 amide bonds. The van der Waals surface area contributed by atoms with Gasteiger partial charge in [-0.25, -0.2) is 12.8 Å². The summed E-state index contributed by atoms with van der Waals surface area (Å²) in [6.45, 7) is 0.659. The van der Waals surface area contributed by atoms with Crippen LogP contribution in [0, 0.1) is 5.82 Å². The van der Waals surface area contributed by atoms with Crippen LogP contribution in [-0.2, 0) is 19.6 Å². The van der Waals surface area contributed by atoms with E-state index in [4.69, 9.17) is 14.2 Å². The van der Waals surface area contributed by atoms with E-state index in [1.165, 1.54) is 47.8 Å². The average Bonchev–Trinajstić information content (AvgIpc) is 2.74. The fourth-order valence-electron chi connectivity index (χ4n) is 2.78. The quantitative estimate of drug-likeness (QED) is 0.729. The summed E-state index contributed by atoms with van der Waals surface area (Å²) in [5, 5.41) is 2.55. The number of methoxy groups -OCH3 is 1. The minimum absolute atomic E-state index is 0.0482. The minimum Gasteiger partial charge on any atom is -0.495 e.